The maximum absolute atomic E-state index is 12.7. The zero-order valence-electron chi connectivity index (χ0n) is 18.7. The van der Waals surface area contributed by atoms with Gasteiger partial charge in [0.25, 0.3) is 0 Å². The number of aliphatic hydroxyl groups is 2. The average Bonchev–Trinajstić information content (AvgIpc) is 3.10. The molecule has 0 amide bonds. The van der Waals surface area contributed by atoms with Gasteiger partial charge in [-0.2, -0.15) is 0 Å². The predicted molar refractivity (Wildman–Crippen MR) is 118 cm³/mol. The van der Waals surface area contributed by atoms with E-state index in [1.165, 1.54) is 13.0 Å². The summed E-state index contributed by atoms with van der Waals surface area (Å²) in [6, 6.07) is 0. The van der Waals surface area contributed by atoms with Gasteiger partial charge in [0.05, 0.1) is 25.6 Å². The number of fused-ring (bicyclic) bond motifs is 2. The quantitative estimate of drug-likeness (QED) is 0.381. The summed E-state index contributed by atoms with van der Waals surface area (Å²) < 4.78 is 16.8. The van der Waals surface area contributed by atoms with Crippen molar-refractivity contribution in [3.63, 3.8) is 0 Å². The number of carboxylic acid groups (broad SMARTS) is 1. The number of carbonyl (C=O) groups excluding carboxylic acids is 2. The molecule has 1 saturated heterocycles. The Hall–Kier alpha value is -2.20. The van der Waals surface area contributed by atoms with Gasteiger partial charge in [-0.3, -0.25) is 14.4 Å². The summed E-state index contributed by atoms with van der Waals surface area (Å²) in [6.07, 6.45) is 1.79. The molecule has 0 aliphatic carbocycles. The second-order valence-corrected chi connectivity index (χ2v) is 8.71. The monoisotopic (exact) mass is 486 g/mol. The van der Waals surface area contributed by atoms with E-state index in [0.29, 0.717) is 41.9 Å². The lowest BCUT2D eigenvalue weighted by Gasteiger charge is -2.24. The molecule has 0 aromatic rings. The second kappa shape index (κ2) is 12.9. The van der Waals surface area contributed by atoms with Crippen molar-refractivity contribution in [1.29, 1.82) is 0 Å². The Labute approximate surface area is 197 Å². The Bertz CT molecular complexity index is 817. The largest absolute Gasteiger partial charge is 0.481 e. The van der Waals surface area contributed by atoms with Gasteiger partial charge in [0.15, 0.2) is 0 Å². The number of hydrogen-bond donors (Lipinski definition) is 3. The van der Waals surface area contributed by atoms with Crippen molar-refractivity contribution in [3.8, 4) is 0 Å². The highest BCUT2D eigenvalue weighted by Crippen LogP contribution is 2.31. The molecular formula is C23H31ClO9. The molecule has 2 aliphatic heterocycles. The molecule has 0 aromatic carbocycles. The Kier molecular flexibility index (Phi) is 10.6. The van der Waals surface area contributed by atoms with Crippen molar-refractivity contribution in [3.05, 3.63) is 34.4 Å². The third-order valence-electron chi connectivity index (χ3n) is 5.40. The number of aliphatic carboxylic acids is 1. The van der Waals surface area contributed by atoms with E-state index in [2.05, 4.69) is 0 Å². The summed E-state index contributed by atoms with van der Waals surface area (Å²) in [5.74, 6) is -2.32. The third kappa shape index (κ3) is 8.92. The van der Waals surface area contributed by atoms with Crippen LogP contribution in [0.3, 0.4) is 0 Å². The van der Waals surface area contributed by atoms with E-state index in [-0.39, 0.29) is 18.9 Å². The van der Waals surface area contributed by atoms with Crippen LogP contribution in [0.5, 0.6) is 0 Å². The molecule has 0 saturated carbocycles. The predicted octanol–water partition coefficient (Wildman–Crippen LogP) is 2.38. The van der Waals surface area contributed by atoms with Crippen LogP contribution in [0.2, 0.25) is 0 Å². The average molecular weight is 487 g/mol. The van der Waals surface area contributed by atoms with E-state index in [1.807, 2.05) is 0 Å². The maximum atomic E-state index is 12.7. The van der Waals surface area contributed by atoms with Gasteiger partial charge in [-0.1, -0.05) is 35.4 Å². The number of halogens is 1. The number of allylic oxidation sites excluding steroid dienone is 3. The molecule has 5 atom stereocenters. The molecule has 2 bridgehead atoms. The maximum Gasteiger partial charge on any atom is 0.310 e. The first kappa shape index (κ1) is 27.0. The van der Waals surface area contributed by atoms with Crippen LogP contribution >= 0.6 is 11.6 Å². The van der Waals surface area contributed by atoms with E-state index in [0.717, 1.165) is 0 Å². The van der Waals surface area contributed by atoms with Gasteiger partial charge in [0, 0.05) is 18.4 Å². The molecule has 1 fully saturated rings. The minimum Gasteiger partial charge on any atom is -0.481 e. The Morgan fingerprint density at radius 2 is 2.06 bits per heavy atom. The van der Waals surface area contributed by atoms with Crippen molar-refractivity contribution in [1.82, 2.24) is 0 Å². The SMILES string of the molecule is CC(=O)O[C@@H]1CC(=O)O[C@@H]2C[C@@H](CCC(Cl)=CCC=C1CO)O[C@@H]2[C@H](O)/C=C(\C)CC(=O)O. The number of carbonyl (C=O) groups is 3. The first-order valence-corrected chi connectivity index (χ1v) is 11.2. The van der Waals surface area contributed by atoms with Crippen molar-refractivity contribution < 1.29 is 43.9 Å². The molecule has 9 nitrogen and oxygen atoms in total. The smallest absolute Gasteiger partial charge is 0.310 e. The molecule has 3 N–H and O–H groups in total. The van der Waals surface area contributed by atoms with Crippen LogP contribution in [0, 0.1) is 0 Å². The molecule has 184 valence electrons. The highest BCUT2D eigenvalue weighted by molar-refractivity contribution is 6.29. The lowest BCUT2D eigenvalue weighted by molar-refractivity contribution is -0.159. The fourth-order valence-corrected chi connectivity index (χ4v) is 4.10. The molecule has 2 aliphatic rings. The Morgan fingerprint density at radius 3 is 2.70 bits per heavy atom. The standard InChI is InChI=1S/C23H31ClO9/c1-13(9-21(28)29)8-18(27)23-20-10-17(32-23)7-6-16(24)5-3-4-15(12-25)19(31-14(2)26)11-22(30)33-20/h4-5,8,17-20,23,25,27H,3,6-7,9-12H2,1-2H3,(H,28,29)/b13-8+,15-4?,16-5?/t17-,18-,19-,20-,23-/m1/s1. The Balaban J connectivity index is 2.28. The zero-order chi connectivity index (χ0) is 24.5. The highest BCUT2D eigenvalue weighted by atomic mass is 35.5. The molecule has 2 rings (SSSR count). The van der Waals surface area contributed by atoms with Gasteiger partial charge in [0.1, 0.15) is 24.4 Å². The van der Waals surface area contributed by atoms with Gasteiger partial charge >= 0.3 is 17.9 Å². The second-order valence-electron chi connectivity index (χ2n) is 8.23. The van der Waals surface area contributed by atoms with Crippen LogP contribution in [0.25, 0.3) is 0 Å². The molecule has 0 unspecified atom stereocenters. The van der Waals surface area contributed by atoms with E-state index < -0.39 is 48.9 Å². The fourth-order valence-electron chi connectivity index (χ4n) is 3.90. The summed E-state index contributed by atoms with van der Waals surface area (Å²) in [5, 5.41) is 29.9. The Morgan fingerprint density at radius 1 is 1.33 bits per heavy atom. The lowest BCUT2D eigenvalue weighted by atomic mass is 10.0. The van der Waals surface area contributed by atoms with Gasteiger partial charge < -0.3 is 29.5 Å². The van der Waals surface area contributed by atoms with Gasteiger partial charge in [-0.15, -0.1) is 0 Å². The molecule has 0 aromatic heterocycles. The van der Waals surface area contributed by atoms with Crippen molar-refractivity contribution in [2.75, 3.05) is 6.61 Å². The number of ether oxygens (including phenoxy) is 3. The van der Waals surface area contributed by atoms with Crippen LogP contribution < -0.4 is 0 Å². The van der Waals surface area contributed by atoms with Crippen LogP contribution in [0.15, 0.2) is 34.4 Å². The van der Waals surface area contributed by atoms with Crippen molar-refractivity contribution in [2.24, 2.45) is 0 Å². The number of esters is 2. The van der Waals surface area contributed by atoms with Crippen LogP contribution in [-0.4, -0.2) is 70.4 Å². The molecule has 0 spiro atoms. The van der Waals surface area contributed by atoms with Crippen LogP contribution in [0.1, 0.15) is 52.4 Å². The zero-order valence-corrected chi connectivity index (χ0v) is 19.5. The minimum absolute atomic E-state index is 0.238. The van der Waals surface area contributed by atoms with Gasteiger partial charge in [0.2, 0.25) is 0 Å². The first-order valence-electron chi connectivity index (χ1n) is 10.8. The molecule has 10 heteroatoms. The summed E-state index contributed by atoms with van der Waals surface area (Å²) in [4.78, 5) is 35.2. The molecule has 2 heterocycles. The topological polar surface area (TPSA) is 140 Å². The summed E-state index contributed by atoms with van der Waals surface area (Å²) in [5.41, 5.74) is 0.793. The van der Waals surface area contributed by atoms with E-state index in [4.69, 9.17) is 30.9 Å². The van der Waals surface area contributed by atoms with E-state index in [9.17, 15) is 24.6 Å². The van der Waals surface area contributed by atoms with Crippen molar-refractivity contribution >= 4 is 29.5 Å². The van der Waals surface area contributed by atoms with Crippen LogP contribution in [-0.2, 0) is 28.6 Å². The normalized spacial score (nSPS) is 28.2. The van der Waals surface area contributed by atoms with E-state index >= 15 is 0 Å². The molecule has 33 heavy (non-hydrogen) atoms. The molecule has 0 radical (unpaired) electrons. The number of aliphatic hydroxyl groups excluding tert-OH is 2. The van der Waals surface area contributed by atoms with Gasteiger partial charge in [-0.05, 0) is 31.8 Å². The summed E-state index contributed by atoms with van der Waals surface area (Å²) in [6.45, 7) is 2.37. The highest BCUT2D eigenvalue weighted by Gasteiger charge is 2.41. The van der Waals surface area contributed by atoms with Gasteiger partial charge in [-0.25, -0.2) is 0 Å². The minimum atomic E-state index is -1.19. The first-order chi connectivity index (χ1) is 15.6. The summed E-state index contributed by atoms with van der Waals surface area (Å²) in [7, 11) is 0. The number of hydrogen-bond acceptors (Lipinski definition) is 8. The number of rotatable bonds is 6. The fraction of sp³-hybridized carbons (Fsp3) is 0.609. The van der Waals surface area contributed by atoms with Crippen LogP contribution in [0.4, 0.5) is 0 Å². The third-order valence-corrected chi connectivity index (χ3v) is 5.74. The van der Waals surface area contributed by atoms with E-state index in [1.54, 1.807) is 19.1 Å². The number of carboxylic acids is 1. The van der Waals surface area contributed by atoms with Crippen molar-refractivity contribution in [2.45, 2.75) is 82.9 Å². The lowest BCUT2D eigenvalue weighted by Crippen LogP contribution is -2.37. The molecular weight excluding hydrogens is 456 g/mol. The summed E-state index contributed by atoms with van der Waals surface area (Å²) >= 11 is 6.30.